The number of nitrogens with zero attached hydrogens (tertiary/aromatic N) is 3. The van der Waals surface area contributed by atoms with Crippen molar-refractivity contribution in [2.45, 2.75) is 26.4 Å². The molecule has 0 unspecified atom stereocenters. The predicted molar refractivity (Wildman–Crippen MR) is 80.0 cm³/mol. The zero-order valence-corrected chi connectivity index (χ0v) is 12.8. The predicted octanol–water partition coefficient (Wildman–Crippen LogP) is 3.30. The van der Waals surface area contributed by atoms with Gasteiger partial charge in [-0.1, -0.05) is 5.16 Å². The van der Waals surface area contributed by atoms with Crippen molar-refractivity contribution in [1.82, 2.24) is 20.3 Å². The van der Waals surface area contributed by atoms with Crippen molar-refractivity contribution in [2.24, 2.45) is 0 Å². The lowest BCUT2D eigenvalue weighted by Gasteiger charge is -2.13. The van der Waals surface area contributed by atoms with E-state index in [2.05, 4.69) is 15.6 Å². The van der Waals surface area contributed by atoms with Crippen LogP contribution < -0.4 is 5.32 Å². The summed E-state index contributed by atoms with van der Waals surface area (Å²) in [6.45, 7) is 4.38. The maximum absolute atomic E-state index is 13.9. The van der Waals surface area contributed by atoms with Crippen LogP contribution in [0.25, 0.3) is 5.69 Å². The standard InChI is InChI=1S/C16H16F2N4O/c1-10(19-8-13-5-6-23-21-13)14-9-20-22(11(14)2)16-4-3-12(17)7-15(16)18/h3-7,9-10,19H,8H2,1-2H3/t10-/m1/s1. The summed E-state index contributed by atoms with van der Waals surface area (Å²) in [4.78, 5) is 0. The van der Waals surface area contributed by atoms with Gasteiger partial charge in [0, 0.05) is 36.0 Å². The van der Waals surface area contributed by atoms with Crippen LogP contribution in [0.3, 0.4) is 0 Å². The molecule has 0 bridgehead atoms. The van der Waals surface area contributed by atoms with Crippen molar-refractivity contribution in [3.05, 3.63) is 65.3 Å². The van der Waals surface area contributed by atoms with Crippen LogP contribution in [-0.2, 0) is 6.54 Å². The van der Waals surface area contributed by atoms with Crippen LogP contribution in [0.1, 0.15) is 29.9 Å². The van der Waals surface area contributed by atoms with Gasteiger partial charge < -0.3 is 9.84 Å². The second-order valence-corrected chi connectivity index (χ2v) is 5.29. The highest BCUT2D eigenvalue weighted by Crippen LogP contribution is 2.22. The first-order chi connectivity index (χ1) is 11.1. The molecular formula is C16H16F2N4O. The highest BCUT2D eigenvalue weighted by molar-refractivity contribution is 5.37. The Bertz CT molecular complexity index is 799. The summed E-state index contributed by atoms with van der Waals surface area (Å²) in [5, 5.41) is 11.4. The second-order valence-electron chi connectivity index (χ2n) is 5.29. The molecule has 0 saturated heterocycles. The monoisotopic (exact) mass is 318 g/mol. The third-order valence-electron chi connectivity index (χ3n) is 3.73. The minimum Gasteiger partial charge on any atom is -0.364 e. The maximum atomic E-state index is 13.9. The summed E-state index contributed by atoms with van der Waals surface area (Å²) in [6.07, 6.45) is 3.20. The summed E-state index contributed by atoms with van der Waals surface area (Å²) >= 11 is 0. The smallest absolute Gasteiger partial charge is 0.151 e. The molecule has 5 nitrogen and oxygen atoms in total. The van der Waals surface area contributed by atoms with Crippen LogP contribution >= 0.6 is 0 Å². The van der Waals surface area contributed by atoms with Gasteiger partial charge in [-0.25, -0.2) is 13.5 Å². The van der Waals surface area contributed by atoms with Crippen molar-refractivity contribution >= 4 is 0 Å². The minimum absolute atomic E-state index is 0.0102. The van der Waals surface area contributed by atoms with Crippen molar-refractivity contribution < 1.29 is 13.3 Å². The zero-order valence-electron chi connectivity index (χ0n) is 12.8. The molecule has 2 aromatic heterocycles. The van der Waals surface area contributed by atoms with Crippen molar-refractivity contribution in [3.8, 4) is 5.69 Å². The fourth-order valence-electron chi connectivity index (χ4n) is 2.44. The van der Waals surface area contributed by atoms with Crippen molar-refractivity contribution in [1.29, 1.82) is 0 Å². The van der Waals surface area contributed by atoms with Gasteiger partial charge in [0.05, 0.1) is 11.9 Å². The summed E-state index contributed by atoms with van der Waals surface area (Å²) in [5.74, 6) is -1.26. The molecule has 23 heavy (non-hydrogen) atoms. The quantitative estimate of drug-likeness (QED) is 0.784. The average Bonchev–Trinajstić information content (AvgIpc) is 3.15. The molecule has 0 radical (unpaired) electrons. The first kappa shape index (κ1) is 15.4. The molecule has 0 aliphatic carbocycles. The summed E-state index contributed by atoms with van der Waals surface area (Å²) in [5.41, 5.74) is 2.73. The van der Waals surface area contributed by atoms with Crippen molar-refractivity contribution in [2.75, 3.05) is 0 Å². The van der Waals surface area contributed by atoms with Crippen molar-refractivity contribution in [3.63, 3.8) is 0 Å². The second kappa shape index (κ2) is 6.29. The van der Waals surface area contributed by atoms with E-state index in [4.69, 9.17) is 4.52 Å². The number of benzene rings is 1. The van der Waals surface area contributed by atoms with Crippen LogP contribution in [0, 0.1) is 18.6 Å². The Labute approximate surface area is 131 Å². The Hall–Kier alpha value is -2.54. The first-order valence-electron chi connectivity index (χ1n) is 7.19. The van der Waals surface area contributed by atoms with Gasteiger partial charge in [-0.05, 0) is 26.0 Å². The molecule has 2 heterocycles. The van der Waals surface area contributed by atoms with Gasteiger partial charge in [0.25, 0.3) is 0 Å². The first-order valence-corrected chi connectivity index (χ1v) is 7.19. The number of rotatable bonds is 5. The van der Waals surface area contributed by atoms with Crippen LogP contribution in [0.4, 0.5) is 8.78 Å². The highest BCUT2D eigenvalue weighted by Gasteiger charge is 2.16. The Morgan fingerprint density at radius 1 is 1.30 bits per heavy atom. The number of aromatic nitrogens is 3. The van der Waals surface area contributed by atoms with Crippen LogP contribution in [-0.4, -0.2) is 14.9 Å². The van der Waals surface area contributed by atoms with Gasteiger partial charge >= 0.3 is 0 Å². The maximum Gasteiger partial charge on any atom is 0.151 e. The average molecular weight is 318 g/mol. The molecule has 1 aromatic carbocycles. The molecule has 0 spiro atoms. The van der Waals surface area contributed by atoms with Gasteiger partial charge in [-0.2, -0.15) is 5.10 Å². The van der Waals surface area contributed by atoms with E-state index in [1.165, 1.54) is 23.1 Å². The van der Waals surface area contributed by atoms with Gasteiger partial charge in [0.2, 0.25) is 0 Å². The molecule has 120 valence electrons. The molecule has 7 heteroatoms. The minimum atomic E-state index is -0.647. The van der Waals surface area contributed by atoms with Gasteiger partial charge in [-0.3, -0.25) is 0 Å². The molecule has 0 aliphatic rings. The van der Waals surface area contributed by atoms with E-state index >= 15 is 0 Å². The third-order valence-corrected chi connectivity index (χ3v) is 3.73. The topological polar surface area (TPSA) is 55.9 Å². The van der Waals surface area contributed by atoms with Crippen LogP contribution in [0.2, 0.25) is 0 Å². The fourth-order valence-corrected chi connectivity index (χ4v) is 2.44. The van der Waals surface area contributed by atoms with E-state index in [0.717, 1.165) is 23.0 Å². The van der Waals surface area contributed by atoms with E-state index in [-0.39, 0.29) is 11.7 Å². The Morgan fingerprint density at radius 3 is 2.83 bits per heavy atom. The van der Waals surface area contributed by atoms with Crippen LogP contribution in [0.5, 0.6) is 0 Å². The summed E-state index contributed by atoms with van der Waals surface area (Å²) in [6, 6.07) is 5.21. The van der Waals surface area contributed by atoms with E-state index in [1.54, 1.807) is 12.3 Å². The molecule has 1 atom stereocenters. The summed E-state index contributed by atoms with van der Waals surface area (Å²) < 4.78 is 33.2. The number of nitrogens with one attached hydrogen (secondary N) is 1. The number of hydrogen-bond donors (Lipinski definition) is 1. The van der Waals surface area contributed by atoms with E-state index in [9.17, 15) is 8.78 Å². The molecule has 3 aromatic rings. The van der Waals surface area contributed by atoms with E-state index in [1.807, 2.05) is 13.8 Å². The fraction of sp³-hybridized carbons (Fsp3) is 0.250. The molecule has 0 amide bonds. The van der Waals surface area contributed by atoms with E-state index < -0.39 is 11.6 Å². The third kappa shape index (κ3) is 3.14. The molecule has 0 saturated carbocycles. The van der Waals surface area contributed by atoms with Crippen LogP contribution in [0.15, 0.2) is 41.2 Å². The van der Waals surface area contributed by atoms with Gasteiger partial charge in [0.15, 0.2) is 5.82 Å². The molecule has 1 N–H and O–H groups in total. The Balaban J connectivity index is 1.81. The molecular weight excluding hydrogens is 302 g/mol. The SMILES string of the molecule is Cc1c([C@@H](C)NCc2ccon2)cnn1-c1ccc(F)cc1F. The highest BCUT2D eigenvalue weighted by atomic mass is 19.1. The molecule has 0 aliphatic heterocycles. The Morgan fingerprint density at radius 2 is 2.13 bits per heavy atom. The lowest BCUT2D eigenvalue weighted by atomic mass is 10.1. The molecule has 3 rings (SSSR count). The lowest BCUT2D eigenvalue weighted by Crippen LogP contribution is -2.18. The Kier molecular flexibility index (Phi) is 4.20. The van der Waals surface area contributed by atoms with E-state index in [0.29, 0.717) is 6.54 Å². The molecule has 0 fully saturated rings. The normalized spacial score (nSPS) is 12.5. The number of hydrogen-bond acceptors (Lipinski definition) is 4. The summed E-state index contributed by atoms with van der Waals surface area (Å²) in [7, 11) is 0. The van der Waals surface area contributed by atoms with Gasteiger partial charge in [-0.15, -0.1) is 0 Å². The zero-order chi connectivity index (χ0) is 16.4. The number of halogens is 2. The lowest BCUT2D eigenvalue weighted by molar-refractivity contribution is 0.406. The largest absolute Gasteiger partial charge is 0.364 e. The van der Waals surface area contributed by atoms with Gasteiger partial charge in [0.1, 0.15) is 17.8 Å².